The Balaban J connectivity index is 2.73. The minimum absolute atomic E-state index is 1.20. The van der Waals surface area contributed by atoms with Gasteiger partial charge in [-0.2, -0.15) is 0 Å². The van der Waals surface area contributed by atoms with Crippen LogP contribution in [0, 0.1) is 9.65 Å². The van der Waals surface area contributed by atoms with E-state index in [4.69, 9.17) is 0 Å². The number of hydrogen-bond acceptors (Lipinski definition) is 0. The molecule has 0 nitrogen and oxygen atoms in total. The third-order valence-corrected chi connectivity index (χ3v) is 3.49. The van der Waals surface area contributed by atoms with E-state index in [-0.39, 0.29) is 0 Å². The SMILES string of the molecule is IC1=[C+]C=Cc2cccc(I)c21. The Morgan fingerprint density at radius 1 is 1.17 bits per heavy atom. The Bertz CT molecular complexity index is 375. The first-order valence-corrected chi connectivity index (χ1v) is 5.69. The molecule has 2 rings (SSSR count). The van der Waals surface area contributed by atoms with E-state index in [2.05, 4.69) is 75.5 Å². The quantitative estimate of drug-likeness (QED) is 0.474. The van der Waals surface area contributed by atoms with Gasteiger partial charge < -0.3 is 0 Å². The van der Waals surface area contributed by atoms with Crippen molar-refractivity contribution in [2.24, 2.45) is 0 Å². The molecule has 1 aromatic carbocycles. The van der Waals surface area contributed by atoms with Crippen LogP contribution in [-0.2, 0) is 0 Å². The third kappa shape index (κ3) is 1.43. The van der Waals surface area contributed by atoms with E-state index in [1.165, 1.54) is 18.3 Å². The van der Waals surface area contributed by atoms with E-state index < -0.39 is 0 Å². The van der Waals surface area contributed by atoms with Gasteiger partial charge in [-0.05, 0) is 34.7 Å². The van der Waals surface area contributed by atoms with Crippen molar-refractivity contribution >= 4 is 54.8 Å². The van der Waals surface area contributed by atoms with Gasteiger partial charge in [0, 0.05) is 22.6 Å². The molecule has 0 atom stereocenters. The topological polar surface area (TPSA) is 0 Å². The Morgan fingerprint density at radius 2 is 2.00 bits per heavy atom. The Hall–Kier alpha value is 0.0700. The fourth-order valence-electron chi connectivity index (χ4n) is 1.19. The second-order valence-corrected chi connectivity index (χ2v) is 4.74. The van der Waals surface area contributed by atoms with E-state index in [0.717, 1.165) is 0 Å². The molecule has 0 fully saturated rings. The van der Waals surface area contributed by atoms with Crippen molar-refractivity contribution in [3.63, 3.8) is 0 Å². The molecule has 0 unspecified atom stereocenters. The first-order chi connectivity index (χ1) is 5.79. The van der Waals surface area contributed by atoms with Crippen molar-refractivity contribution < 1.29 is 0 Å². The standard InChI is InChI=1S/C10H5I2/c11-8-5-1-3-7-4-2-6-9(12)10(7)8/h1-5H/q+1. The third-order valence-electron chi connectivity index (χ3n) is 1.74. The van der Waals surface area contributed by atoms with Crippen molar-refractivity contribution in [2.45, 2.75) is 0 Å². The van der Waals surface area contributed by atoms with Gasteiger partial charge in [-0.25, -0.2) is 0 Å². The molecule has 2 heteroatoms. The summed E-state index contributed by atoms with van der Waals surface area (Å²) >= 11 is 4.68. The zero-order valence-electron chi connectivity index (χ0n) is 6.14. The summed E-state index contributed by atoms with van der Waals surface area (Å²) in [5.74, 6) is 0. The lowest BCUT2D eigenvalue weighted by molar-refractivity contribution is 1.53. The maximum Gasteiger partial charge on any atom is 0.184 e. The highest BCUT2D eigenvalue weighted by atomic mass is 127. The smallest absolute Gasteiger partial charge is 0.0570 e. The zero-order chi connectivity index (χ0) is 8.55. The highest BCUT2D eigenvalue weighted by Gasteiger charge is 2.19. The molecule has 0 bridgehead atoms. The fourth-order valence-corrected chi connectivity index (χ4v) is 3.27. The molecule has 0 spiro atoms. The van der Waals surface area contributed by atoms with Crippen LogP contribution in [0.3, 0.4) is 0 Å². The fraction of sp³-hybridized carbons (Fsp3) is 0. The minimum atomic E-state index is 1.20. The summed E-state index contributed by atoms with van der Waals surface area (Å²) in [6.07, 6.45) is 7.27. The van der Waals surface area contributed by atoms with Crippen molar-refractivity contribution in [2.75, 3.05) is 0 Å². The highest BCUT2D eigenvalue weighted by Crippen LogP contribution is 2.32. The first kappa shape index (κ1) is 8.66. The first-order valence-electron chi connectivity index (χ1n) is 3.53. The summed E-state index contributed by atoms with van der Waals surface area (Å²) in [6, 6.07) is 6.34. The summed E-state index contributed by atoms with van der Waals surface area (Å²) in [6.45, 7) is 0. The zero-order valence-corrected chi connectivity index (χ0v) is 10.5. The minimum Gasteiger partial charge on any atom is -0.0570 e. The van der Waals surface area contributed by atoms with E-state index in [9.17, 15) is 0 Å². The van der Waals surface area contributed by atoms with Crippen molar-refractivity contribution in [1.82, 2.24) is 0 Å². The molecule has 0 saturated heterocycles. The summed E-state index contributed by atoms with van der Waals surface area (Å²) in [4.78, 5) is 0. The van der Waals surface area contributed by atoms with Gasteiger partial charge in [-0.15, -0.1) is 0 Å². The average Bonchev–Trinajstić information content (AvgIpc) is 2.04. The summed E-state index contributed by atoms with van der Waals surface area (Å²) in [7, 11) is 0. The number of fused-ring (bicyclic) bond motifs is 1. The van der Waals surface area contributed by atoms with Crippen molar-refractivity contribution in [1.29, 1.82) is 0 Å². The lowest BCUT2D eigenvalue weighted by atomic mass is 10.0. The van der Waals surface area contributed by atoms with Crippen LogP contribution in [0.2, 0.25) is 0 Å². The average molecular weight is 379 g/mol. The molecular weight excluding hydrogens is 374 g/mol. The molecule has 12 heavy (non-hydrogen) atoms. The predicted octanol–water partition coefficient (Wildman–Crippen LogP) is 3.90. The molecule has 0 aliphatic heterocycles. The normalized spacial score (nSPS) is 13.3. The van der Waals surface area contributed by atoms with Gasteiger partial charge >= 0.3 is 0 Å². The molecule has 0 radical (unpaired) electrons. The largest absolute Gasteiger partial charge is 0.184 e. The van der Waals surface area contributed by atoms with Gasteiger partial charge in [0.05, 0.1) is 21.3 Å². The van der Waals surface area contributed by atoms with Gasteiger partial charge in [-0.1, -0.05) is 6.07 Å². The van der Waals surface area contributed by atoms with E-state index >= 15 is 0 Å². The molecule has 58 valence electrons. The number of hydrogen-bond donors (Lipinski definition) is 0. The summed E-state index contributed by atoms with van der Waals surface area (Å²) in [5.41, 5.74) is 2.62. The molecule has 0 N–H and O–H groups in total. The lowest BCUT2D eigenvalue weighted by Crippen LogP contribution is -1.91. The second kappa shape index (κ2) is 3.44. The Labute approximate surface area is 99.0 Å². The molecule has 0 amide bonds. The van der Waals surface area contributed by atoms with E-state index in [0.29, 0.717) is 0 Å². The van der Waals surface area contributed by atoms with Gasteiger partial charge in [0.25, 0.3) is 0 Å². The van der Waals surface area contributed by atoms with Crippen LogP contribution in [0.15, 0.2) is 24.3 Å². The monoisotopic (exact) mass is 379 g/mol. The van der Waals surface area contributed by atoms with Crippen LogP contribution in [-0.4, -0.2) is 0 Å². The molecule has 1 aromatic rings. The van der Waals surface area contributed by atoms with Crippen LogP contribution in [0.5, 0.6) is 0 Å². The maximum absolute atomic E-state index is 3.20. The predicted molar refractivity (Wildman–Crippen MR) is 68.9 cm³/mol. The van der Waals surface area contributed by atoms with Crippen LogP contribution in [0.25, 0.3) is 9.66 Å². The molecule has 1 aliphatic rings. The van der Waals surface area contributed by atoms with Gasteiger partial charge in [0.2, 0.25) is 0 Å². The molecule has 0 heterocycles. The van der Waals surface area contributed by atoms with Crippen molar-refractivity contribution in [3.05, 3.63) is 45.0 Å². The van der Waals surface area contributed by atoms with Crippen LogP contribution in [0.1, 0.15) is 11.1 Å². The van der Waals surface area contributed by atoms with Crippen molar-refractivity contribution in [3.8, 4) is 0 Å². The summed E-state index contributed by atoms with van der Waals surface area (Å²) < 4.78 is 2.50. The number of halogens is 2. The van der Waals surface area contributed by atoms with Gasteiger partial charge in [-0.3, -0.25) is 0 Å². The van der Waals surface area contributed by atoms with Gasteiger partial charge in [0.15, 0.2) is 3.58 Å². The lowest BCUT2D eigenvalue weighted by Gasteiger charge is -2.00. The number of allylic oxidation sites excluding steroid dienone is 2. The molecule has 0 aromatic heterocycles. The van der Waals surface area contributed by atoms with Crippen LogP contribution in [0.4, 0.5) is 0 Å². The molecular formula is C10H5I2+. The highest BCUT2D eigenvalue weighted by molar-refractivity contribution is 14.1. The molecule has 1 aliphatic carbocycles. The second-order valence-electron chi connectivity index (χ2n) is 2.50. The number of rotatable bonds is 0. The van der Waals surface area contributed by atoms with E-state index in [1.807, 2.05) is 6.08 Å². The van der Waals surface area contributed by atoms with Crippen LogP contribution >= 0.6 is 45.2 Å². The van der Waals surface area contributed by atoms with Crippen LogP contribution < -0.4 is 0 Å². The molecule has 0 saturated carbocycles. The Morgan fingerprint density at radius 3 is 2.75 bits per heavy atom. The van der Waals surface area contributed by atoms with Gasteiger partial charge in [0.1, 0.15) is 11.6 Å². The summed E-state index contributed by atoms with van der Waals surface area (Å²) in [5, 5.41) is 0. The maximum atomic E-state index is 3.20. The van der Waals surface area contributed by atoms with E-state index in [1.54, 1.807) is 0 Å². The number of benzene rings is 1. The Kier molecular flexibility index (Phi) is 2.48.